The molecule has 3 N–H and O–H groups in total. The molecule has 3 atom stereocenters. The van der Waals surface area contributed by atoms with Gasteiger partial charge in [0.1, 0.15) is 5.60 Å². The minimum Gasteiger partial charge on any atom is -0.444 e. The fourth-order valence-corrected chi connectivity index (χ4v) is 2.40. The number of alkyl carbamates (subject to hydrolysis) is 1. The Morgan fingerprint density at radius 3 is 2.58 bits per heavy atom. The Morgan fingerprint density at radius 1 is 1.37 bits per heavy atom. The van der Waals surface area contributed by atoms with Gasteiger partial charge in [0, 0.05) is 18.1 Å². The summed E-state index contributed by atoms with van der Waals surface area (Å²) in [5.41, 5.74) is -0.457. The van der Waals surface area contributed by atoms with Crippen molar-refractivity contribution in [1.82, 2.24) is 10.6 Å². The predicted molar refractivity (Wildman–Crippen MR) is 75.1 cm³/mol. The van der Waals surface area contributed by atoms with E-state index >= 15 is 0 Å². The molecule has 5 heteroatoms. The maximum Gasteiger partial charge on any atom is 0.407 e. The van der Waals surface area contributed by atoms with Crippen LogP contribution in [0.5, 0.6) is 0 Å². The van der Waals surface area contributed by atoms with E-state index in [1.165, 1.54) is 0 Å². The van der Waals surface area contributed by atoms with Gasteiger partial charge in [0.2, 0.25) is 0 Å². The molecule has 1 amide bonds. The van der Waals surface area contributed by atoms with E-state index < -0.39 is 5.60 Å². The van der Waals surface area contributed by atoms with Gasteiger partial charge >= 0.3 is 6.09 Å². The van der Waals surface area contributed by atoms with Crippen molar-refractivity contribution >= 4 is 6.09 Å². The summed E-state index contributed by atoms with van der Waals surface area (Å²) in [6, 6.07) is 0.619. The number of amides is 1. The molecule has 0 bridgehead atoms. The van der Waals surface area contributed by atoms with Crippen LogP contribution in [0.4, 0.5) is 4.79 Å². The van der Waals surface area contributed by atoms with E-state index in [0.29, 0.717) is 6.04 Å². The number of hydrogen-bond acceptors (Lipinski definition) is 4. The summed E-state index contributed by atoms with van der Waals surface area (Å²) in [6.45, 7) is 7.69. The normalized spacial score (nSPS) is 25.7. The van der Waals surface area contributed by atoms with Gasteiger partial charge in [0.25, 0.3) is 0 Å². The van der Waals surface area contributed by atoms with Crippen LogP contribution >= 0.6 is 0 Å². The number of rotatable bonds is 4. The van der Waals surface area contributed by atoms with Crippen molar-refractivity contribution in [3.63, 3.8) is 0 Å². The fourth-order valence-electron chi connectivity index (χ4n) is 2.40. The number of aliphatic hydroxyl groups excluding tert-OH is 1. The maximum atomic E-state index is 11.7. The highest BCUT2D eigenvalue weighted by atomic mass is 16.6. The average Bonchev–Trinajstić information content (AvgIpc) is 2.26. The lowest BCUT2D eigenvalue weighted by atomic mass is 9.90. The van der Waals surface area contributed by atoms with Crippen LogP contribution in [0.3, 0.4) is 0 Å². The standard InChI is InChI=1S/C14H28N2O3/c1-10(9-17)15-11-6-5-7-12(8-11)16-13(18)19-14(2,3)4/h10-12,15,17H,5-9H2,1-4H3,(H,16,18)/t10-,11?,12?/m1/s1. The lowest BCUT2D eigenvalue weighted by molar-refractivity contribution is 0.0487. The molecule has 112 valence electrons. The minimum atomic E-state index is -0.457. The molecule has 0 radical (unpaired) electrons. The largest absolute Gasteiger partial charge is 0.444 e. The second kappa shape index (κ2) is 7.10. The van der Waals surface area contributed by atoms with Gasteiger partial charge in [0.15, 0.2) is 0 Å². The molecule has 0 spiro atoms. The molecule has 5 nitrogen and oxygen atoms in total. The third-order valence-electron chi connectivity index (χ3n) is 3.19. The minimum absolute atomic E-state index is 0.102. The fraction of sp³-hybridized carbons (Fsp3) is 0.929. The quantitative estimate of drug-likeness (QED) is 0.730. The van der Waals surface area contributed by atoms with E-state index in [0.717, 1.165) is 25.7 Å². The molecular weight excluding hydrogens is 244 g/mol. The van der Waals surface area contributed by atoms with Crippen molar-refractivity contribution in [1.29, 1.82) is 0 Å². The maximum absolute atomic E-state index is 11.7. The van der Waals surface area contributed by atoms with E-state index in [1.54, 1.807) is 0 Å². The summed E-state index contributed by atoms with van der Waals surface area (Å²) in [5, 5.41) is 15.4. The first-order valence-corrected chi connectivity index (χ1v) is 7.16. The van der Waals surface area contributed by atoms with Crippen LogP contribution in [0.2, 0.25) is 0 Å². The summed E-state index contributed by atoms with van der Waals surface area (Å²) in [4.78, 5) is 11.7. The monoisotopic (exact) mass is 272 g/mol. The van der Waals surface area contributed by atoms with Crippen molar-refractivity contribution in [3.8, 4) is 0 Å². The van der Waals surface area contributed by atoms with Crippen LogP contribution in [0, 0.1) is 0 Å². The number of aliphatic hydroxyl groups is 1. The Morgan fingerprint density at radius 2 is 2.00 bits per heavy atom. The van der Waals surface area contributed by atoms with Crippen molar-refractivity contribution < 1.29 is 14.6 Å². The van der Waals surface area contributed by atoms with Crippen LogP contribution < -0.4 is 10.6 Å². The van der Waals surface area contributed by atoms with Crippen LogP contribution in [0.15, 0.2) is 0 Å². The molecule has 1 saturated carbocycles. The molecule has 1 fully saturated rings. The third-order valence-corrected chi connectivity index (χ3v) is 3.19. The molecule has 0 aromatic rings. The number of carbonyl (C=O) groups is 1. The number of hydrogen-bond donors (Lipinski definition) is 3. The summed E-state index contributed by atoms with van der Waals surface area (Å²) in [6.07, 6.45) is 3.72. The molecule has 0 aliphatic heterocycles. The van der Waals surface area contributed by atoms with Gasteiger partial charge in [-0.05, 0) is 53.4 Å². The van der Waals surface area contributed by atoms with Gasteiger partial charge in [-0.1, -0.05) is 0 Å². The van der Waals surface area contributed by atoms with E-state index in [4.69, 9.17) is 9.84 Å². The smallest absolute Gasteiger partial charge is 0.407 e. The molecule has 1 aliphatic rings. The Labute approximate surface area is 116 Å². The zero-order valence-electron chi connectivity index (χ0n) is 12.5. The van der Waals surface area contributed by atoms with Gasteiger partial charge < -0.3 is 20.5 Å². The van der Waals surface area contributed by atoms with E-state index in [-0.39, 0.29) is 24.8 Å². The SMILES string of the molecule is C[C@H](CO)NC1CCCC(NC(=O)OC(C)(C)C)C1. The number of carbonyl (C=O) groups excluding carboxylic acids is 1. The molecule has 1 aliphatic carbocycles. The lowest BCUT2D eigenvalue weighted by Crippen LogP contribution is -2.48. The summed E-state index contributed by atoms with van der Waals surface area (Å²) < 4.78 is 5.27. The van der Waals surface area contributed by atoms with Gasteiger partial charge in [-0.15, -0.1) is 0 Å². The Bertz CT molecular complexity index is 289. The molecule has 0 aromatic carbocycles. The van der Waals surface area contributed by atoms with Crippen molar-refractivity contribution in [2.75, 3.05) is 6.61 Å². The van der Waals surface area contributed by atoms with Gasteiger partial charge in [-0.3, -0.25) is 0 Å². The highest BCUT2D eigenvalue weighted by Gasteiger charge is 2.25. The summed E-state index contributed by atoms with van der Waals surface area (Å²) in [5.74, 6) is 0. The van der Waals surface area contributed by atoms with Gasteiger partial charge in [-0.2, -0.15) is 0 Å². The first-order valence-electron chi connectivity index (χ1n) is 7.16. The lowest BCUT2D eigenvalue weighted by Gasteiger charge is -2.32. The van der Waals surface area contributed by atoms with Crippen molar-refractivity contribution in [3.05, 3.63) is 0 Å². The van der Waals surface area contributed by atoms with E-state index in [9.17, 15) is 4.79 Å². The molecule has 0 aromatic heterocycles. The predicted octanol–water partition coefficient (Wildman–Crippen LogP) is 1.79. The van der Waals surface area contributed by atoms with Crippen molar-refractivity contribution in [2.24, 2.45) is 0 Å². The molecule has 2 unspecified atom stereocenters. The molecule has 1 rings (SSSR count). The van der Waals surface area contributed by atoms with E-state index in [1.807, 2.05) is 27.7 Å². The Hall–Kier alpha value is -0.810. The Kier molecular flexibility index (Phi) is 6.07. The van der Waals surface area contributed by atoms with E-state index in [2.05, 4.69) is 10.6 Å². The van der Waals surface area contributed by atoms with Crippen LogP contribution in [0.1, 0.15) is 53.4 Å². The van der Waals surface area contributed by atoms with Gasteiger partial charge in [0.05, 0.1) is 6.61 Å². The highest BCUT2D eigenvalue weighted by molar-refractivity contribution is 5.68. The van der Waals surface area contributed by atoms with Crippen LogP contribution in [0.25, 0.3) is 0 Å². The molecule has 19 heavy (non-hydrogen) atoms. The Balaban J connectivity index is 2.36. The molecule has 0 heterocycles. The summed E-state index contributed by atoms with van der Waals surface area (Å²) in [7, 11) is 0. The summed E-state index contributed by atoms with van der Waals surface area (Å²) >= 11 is 0. The second-order valence-corrected chi connectivity index (χ2v) is 6.46. The number of nitrogens with one attached hydrogen (secondary N) is 2. The zero-order chi connectivity index (χ0) is 14.5. The third kappa shape index (κ3) is 6.78. The molecule has 0 saturated heterocycles. The van der Waals surface area contributed by atoms with Crippen LogP contribution in [-0.4, -0.2) is 41.5 Å². The zero-order valence-corrected chi connectivity index (χ0v) is 12.5. The van der Waals surface area contributed by atoms with Gasteiger partial charge in [-0.25, -0.2) is 4.79 Å². The topological polar surface area (TPSA) is 70.6 Å². The first kappa shape index (κ1) is 16.2. The molecular formula is C14H28N2O3. The van der Waals surface area contributed by atoms with Crippen molar-refractivity contribution in [2.45, 2.75) is 77.1 Å². The number of ether oxygens (including phenoxy) is 1. The van der Waals surface area contributed by atoms with Crippen LogP contribution in [-0.2, 0) is 4.74 Å². The second-order valence-electron chi connectivity index (χ2n) is 6.46. The first-order chi connectivity index (χ1) is 8.80. The average molecular weight is 272 g/mol. The highest BCUT2D eigenvalue weighted by Crippen LogP contribution is 2.19.